The molecule has 0 aliphatic heterocycles. The summed E-state index contributed by atoms with van der Waals surface area (Å²) in [6.07, 6.45) is 2.07. The molecule has 0 aromatic heterocycles. The molecule has 3 N–H and O–H groups in total. The number of rotatable bonds is 8. The van der Waals surface area contributed by atoms with Crippen molar-refractivity contribution >= 4 is 23.6 Å². The highest BCUT2D eigenvalue weighted by Crippen LogP contribution is 2.15. The van der Waals surface area contributed by atoms with E-state index >= 15 is 0 Å². The molecule has 0 radical (unpaired) electrons. The number of phenolic OH excluding ortho intramolecular Hbond substituents is 1. The van der Waals surface area contributed by atoms with Gasteiger partial charge in [0.05, 0.1) is 6.54 Å². The normalized spacial score (nSPS) is 11.2. The zero-order chi connectivity index (χ0) is 20.4. The molecule has 2 aromatic rings. The number of aromatic hydroxyl groups is 1. The maximum atomic E-state index is 12.1. The van der Waals surface area contributed by atoms with E-state index in [9.17, 15) is 9.90 Å². The van der Waals surface area contributed by atoms with Crippen LogP contribution in [-0.4, -0.2) is 54.8 Å². The fraction of sp³-hybridized carbons (Fsp3) is 0.333. The summed E-state index contributed by atoms with van der Waals surface area (Å²) in [5, 5.41) is 15.4. The Bertz CT molecular complexity index is 776. The molecule has 0 unspecified atom stereocenters. The van der Waals surface area contributed by atoms with E-state index in [1.54, 1.807) is 23.9 Å². The van der Waals surface area contributed by atoms with Gasteiger partial charge >= 0.3 is 0 Å². The van der Waals surface area contributed by atoms with Crippen LogP contribution < -0.4 is 10.6 Å². The van der Waals surface area contributed by atoms with Crippen molar-refractivity contribution < 1.29 is 9.90 Å². The van der Waals surface area contributed by atoms with Gasteiger partial charge in [0, 0.05) is 37.1 Å². The highest BCUT2D eigenvalue weighted by molar-refractivity contribution is 7.98. The van der Waals surface area contributed by atoms with Crippen molar-refractivity contribution in [2.45, 2.75) is 18.4 Å². The van der Waals surface area contributed by atoms with Crippen LogP contribution in [0.2, 0.25) is 0 Å². The Hall–Kier alpha value is -2.67. The molecule has 2 rings (SSSR count). The minimum Gasteiger partial charge on any atom is -0.508 e. The van der Waals surface area contributed by atoms with Crippen molar-refractivity contribution in [1.82, 2.24) is 15.5 Å². The van der Waals surface area contributed by atoms with E-state index in [1.165, 1.54) is 22.6 Å². The summed E-state index contributed by atoms with van der Waals surface area (Å²) in [7, 11) is 2.00. The predicted octanol–water partition coefficient (Wildman–Crippen LogP) is 2.94. The summed E-state index contributed by atoms with van der Waals surface area (Å²) in [5.41, 5.74) is 1.73. The largest absolute Gasteiger partial charge is 0.508 e. The van der Waals surface area contributed by atoms with Gasteiger partial charge in [0.2, 0.25) is 0 Å². The number of thioether (sulfide) groups is 1. The van der Waals surface area contributed by atoms with E-state index in [2.05, 4.69) is 51.0 Å². The molecular formula is C21H28N4O2S. The number of aliphatic imine (C=N–C) groups is 1. The lowest BCUT2D eigenvalue weighted by molar-refractivity contribution is 0.0955. The first kappa shape index (κ1) is 21.6. The minimum atomic E-state index is -0.178. The summed E-state index contributed by atoms with van der Waals surface area (Å²) >= 11 is 1.73. The molecule has 6 nitrogen and oxygen atoms in total. The number of hydrogen-bond acceptors (Lipinski definition) is 4. The lowest BCUT2D eigenvalue weighted by atomic mass is 10.2. The van der Waals surface area contributed by atoms with Crippen LogP contribution in [-0.2, 0) is 6.54 Å². The number of benzene rings is 2. The fourth-order valence-electron chi connectivity index (χ4n) is 2.60. The molecule has 0 aliphatic rings. The molecule has 0 saturated heterocycles. The van der Waals surface area contributed by atoms with Gasteiger partial charge in [-0.3, -0.25) is 9.79 Å². The number of nitrogens with zero attached hydrogens (tertiary/aromatic N) is 2. The van der Waals surface area contributed by atoms with Crippen LogP contribution in [0.1, 0.15) is 22.8 Å². The average molecular weight is 401 g/mol. The van der Waals surface area contributed by atoms with Crippen molar-refractivity contribution in [3.63, 3.8) is 0 Å². The van der Waals surface area contributed by atoms with E-state index in [1.807, 2.05) is 14.0 Å². The second-order valence-corrected chi connectivity index (χ2v) is 7.12. The van der Waals surface area contributed by atoms with Crippen molar-refractivity contribution in [3.05, 3.63) is 59.7 Å². The van der Waals surface area contributed by atoms with Crippen LogP contribution in [0.25, 0.3) is 0 Å². The maximum absolute atomic E-state index is 12.1. The first-order valence-electron chi connectivity index (χ1n) is 9.23. The SMILES string of the molecule is CCNC(=NCCNC(=O)c1ccc(O)cc1)N(C)Cc1ccc(SC)cc1. The Morgan fingerprint density at radius 3 is 2.39 bits per heavy atom. The third-order valence-corrected chi connectivity index (χ3v) is 4.81. The highest BCUT2D eigenvalue weighted by atomic mass is 32.2. The van der Waals surface area contributed by atoms with Gasteiger partial charge in [-0.05, 0) is 55.1 Å². The van der Waals surface area contributed by atoms with Gasteiger partial charge in [-0.2, -0.15) is 0 Å². The van der Waals surface area contributed by atoms with Crippen molar-refractivity contribution in [2.75, 3.05) is 32.9 Å². The van der Waals surface area contributed by atoms with E-state index in [0.29, 0.717) is 18.7 Å². The first-order valence-corrected chi connectivity index (χ1v) is 10.5. The van der Waals surface area contributed by atoms with E-state index < -0.39 is 0 Å². The van der Waals surface area contributed by atoms with Crippen LogP contribution in [0.3, 0.4) is 0 Å². The molecule has 0 heterocycles. The predicted molar refractivity (Wildman–Crippen MR) is 116 cm³/mol. The van der Waals surface area contributed by atoms with Gasteiger partial charge in [-0.25, -0.2) is 0 Å². The van der Waals surface area contributed by atoms with Gasteiger partial charge in [-0.1, -0.05) is 12.1 Å². The van der Waals surface area contributed by atoms with Crippen LogP contribution in [0, 0.1) is 0 Å². The van der Waals surface area contributed by atoms with Crippen molar-refractivity contribution in [2.24, 2.45) is 4.99 Å². The number of phenols is 1. The smallest absolute Gasteiger partial charge is 0.251 e. The number of amides is 1. The Morgan fingerprint density at radius 1 is 1.11 bits per heavy atom. The number of carbonyl (C=O) groups excluding carboxylic acids is 1. The zero-order valence-electron chi connectivity index (χ0n) is 16.6. The molecule has 150 valence electrons. The van der Waals surface area contributed by atoms with Gasteiger partial charge in [-0.15, -0.1) is 11.8 Å². The minimum absolute atomic E-state index is 0.141. The Labute approximate surface area is 171 Å². The molecule has 0 aliphatic carbocycles. The Balaban J connectivity index is 1.87. The monoisotopic (exact) mass is 400 g/mol. The molecule has 0 atom stereocenters. The van der Waals surface area contributed by atoms with E-state index in [-0.39, 0.29) is 11.7 Å². The maximum Gasteiger partial charge on any atom is 0.251 e. The summed E-state index contributed by atoms with van der Waals surface area (Å²) in [6.45, 7) is 4.46. The third kappa shape index (κ3) is 6.81. The fourth-order valence-corrected chi connectivity index (χ4v) is 3.00. The molecule has 0 spiro atoms. The number of guanidine groups is 1. The van der Waals surface area contributed by atoms with Gasteiger partial charge in [0.25, 0.3) is 5.91 Å². The first-order chi connectivity index (χ1) is 13.5. The third-order valence-electron chi connectivity index (χ3n) is 4.06. The number of nitrogens with one attached hydrogen (secondary N) is 2. The molecular weight excluding hydrogens is 372 g/mol. The summed E-state index contributed by atoms with van der Waals surface area (Å²) in [4.78, 5) is 20.0. The van der Waals surface area contributed by atoms with E-state index in [4.69, 9.17) is 0 Å². The summed E-state index contributed by atoms with van der Waals surface area (Å²) in [6, 6.07) is 14.7. The Kier molecular flexibility index (Phi) is 8.68. The average Bonchev–Trinajstić information content (AvgIpc) is 2.71. The molecule has 28 heavy (non-hydrogen) atoms. The number of carbonyl (C=O) groups is 1. The second-order valence-electron chi connectivity index (χ2n) is 6.24. The number of hydrogen-bond donors (Lipinski definition) is 3. The molecule has 7 heteroatoms. The van der Waals surface area contributed by atoms with Crippen LogP contribution in [0.15, 0.2) is 58.4 Å². The lowest BCUT2D eigenvalue weighted by Crippen LogP contribution is -2.39. The van der Waals surface area contributed by atoms with Crippen LogP contribution >= 0.6 is 11.8 Å². The lowest BCUT2D eigenvalue weighted by Gasteiger charge is -2.22. The van der Waals surface area contributed by atoms with Crippen LogP contribution in [0.4, 0.5) is 0 Å². The second kappa shape index (κ2) is 11.2. The molecule has 1 amide bonds. The van der Waals surface area contributed by atoms with Crippen LogP contribution in [0.5, 0.6) is 5.75 Å². The summed E-state index contributed by atoms with van der Waals surface area (Å²) < 4.78 is 0. The highest BCUT2D eigenvalue weighted by Gasteiger charge is 2.07. The Morgan fingerprint density at radius 2 is 1.79 bits per heavy atom. The van der Waals surface area contributed by atoms with Crippen molar-refractivity contribution in [3.8, 4) is 5.75 Å². The molecule has 2 aromatic carbocycles. The molecule has 0 fully saturated rings. The summed E-state index contributed by atoms with van der Waals surface area (Å²) in [5.74, 6) is 0.764. The topological polar surface area (TPSA) is 77.0 Å². The van der Waals surface area contributed by atoms with Gasteiger partial charge in [0.15, 0.2) is 5.96 Å². The van der Waals surface area contributed by atoms with E-state index in [0.717, 1.165) is 19.0 Å². The van der Waals surface area contributed by atoms with Gasteiger partial charge < -0.3 is 20.6 Å². The zero-order valence-corrected chi connectivity index (χ0v) is 17.4. The van der Waals surface area contributed by atoms with Gasteiger partial charge in [0.1, 0.15) is 5.75 Å². The molecule has 0 bridgehead atoms. The van der Waals surface area contributed by atoms with Crippen molar-refractivity contribution in [1.29, 1.82) is 0 Å². The quantitative estimate of drug-likeness (QED) is 0.275. The molecule has 0 saturated carbocycles. The standard InChI is InChI=1S/C21H28N4O2S/c1-4-22-21(25(2)15-16-5-11-19(28-3)12-6-16)24-14-13-23-20(27)17-7-9-18(26)10-8-17/h5-12,26H,4,13-15H2,1-3H3,(H,22,24)(H,23,27).